The first-order chi connectivity index (χ1) is 12.5. The molecule has 0 aliphatic carbocycles. The Hall–Kier alpha value is -2.20. The monoisotopic (exact) mass is 463 g/mol. The lowest BCUT2D eigenvalue weighted by Gasteiger charge is -2.09. The lowest BCUT2D eigenvalue weighted by atomic mass is 9.99. The Balaban J connectivity index is 2.26. The predicted octanol–water partition coefficient (Wildman–Crippen LogP) is 5.33. The highest BCUT2D eigenvalue weighted by molar-refractivity contribution is 9.10. The summed E-state index contributed by atoms with van der Waals surface area (Å²) in [5.41, 5.74) is -0.489. The summed E-state index contributed by atoms with van der Waals surface area (Å²) in [6.07, 6.45) is -4.07. The van der Waals surface area contributed by atoms with Crippen LogP contribution in [0.4, 0.5) is 17.6 Å². The standard InChI is InChI=1S/C17H10BrF4NO3S/c1-27(24,25)13-7-4-10(8-12(13)19)14-15(9-2-5-11(18)6-3-9)23-26-16(14)17(20,21)22/h2-8H,1H3. The van der Waals surface area contributed by atoms with Crippen molar-refractivity contribution < 1.29 is 30.5 Å². The van der Waals surface area contributed by atoms with Crippen molar-refractivity contribution in [2.24, 2.45) is 0 Å². The molecule has 3 rings (SSSR count). The van der Waals surface area contributed by atoms with Crippen molar-refractivity contribution in [3.63, 3.8) is 0 Å². The van der Waals surface area contributed by atoms with Crippen LogP contribution >= 0.6 is 15.9 Å². The zero-order valence-corrected chi connectivity index (χ0v) is 15.9. The van der Waals surface area contributed by atoms with E-state index >= 15 is 0 Å². The van der Waals surface area contributed by atoms with Crippen molar-refractivity contribution in [3.8, 4) is 22.4 Å². The molecule has 10 heteroatoms. The summed E-state index contributed by atoms with van der Waals surface area (Å²) in [5, 5.41) is 3.51. The largest absolute Gasteiger partial charge is 0.453 e. The zero-order valence-electron chi connectivity index (χ0n) is 13.5. The molecular weight excluding hydrogens is 454 g/mol. The van der Waals surface area contributed by atoms with Crippen molar-refractivity contribution in [2.75, 3.05) is 6.26 Å². The van der Waals surface area contributed by atoms with E-state index in [9.17, 15) is 26.0 Å². The molecule has 0 radical (unpaired) electrons. The lowest BCUT2D eigenvalue weighted by Crippen LogP contribution is -2.06. The first-order valence-corrected chi connectivity index (χ1v) is 9.99. The van der Waals surface area contributed by atoms with Crippen LogP contribution in [0.1, 0.15) is 5.76 Å². The minimum Gasteiger partial charge on any atom is -0.350 e. The predicted molar refractivity (Wildman–Crippen MR) is 93.1 cm³/mol. The van der Waals surface area contributed by atoms with Crippen molar-refractivity contribution in [1.82, 2.24) is 5.16 Å². The van der Waals surface area contributed by atoms with Gasteiger partial charge in [0.1, 0.15) is 16.4 Å². The van der Waals surface area contributed by atoms with E-state index in [0.717, 1.165) is 24.5 Å². The van der Waals surface area contributed by atoms with Crippen LogP contribution < -0.4 is 0 Å². The Morgan fingerprint density at radius 2 is 1.63 bits per heavy atom. The molecule has 0 fully saturated rings. The number of hydrogen-bond donors (Lipinski definition) is 0. The Labute approximate surface area is 159 Å². The molecule has 2 aromatic carbocycles. The molecule has 0 unspecified atom stereocenters. The average Bonchev–Trinajstić information content (AvgIpc) is 2.99. The molecule has 0 saturated carbocycles. The van der Waals surface area contributed by atoms with Crippen LogP contribution in [0.5, 0.6) is 0 Å². The minimum absolute atomic E-state index is 0.138. The van der Waals surface area contributed by atoms with Gasteiger partial charge in [-0.3, -0.25) is 0 Å². The molecule has 1 heterocycles. The molecule has 0 atom stereocenters. The second-order valence-corrected chi connectivity index (χ2v) is 8.56. The van der Waals surface area contributed by atoms with E-state index in [1.165, 1.54) is 12.1 Å². The first kappa shape index (κ1) is 19.6. The van der Waals surface area contributed by atoms with Crippen LogP contribution in [0.25, 0.3) is 22.4 Å². The smallest absolute Gasteiger partial charge is 0.350 e. The van der Waals surface area contributed by atoms with Gasteiger partial charge in [0.15, 0.2) is 9.84 Å². The van der Waals surface area contributed by atoms with Crippen LogP contribution in [0.2, 0.25) is 0 Å². The van der Waals surface area contributed by atoms with Crippen molar-refractivity contribution in [1.29, 1.82) is 0 Å². The zero-order chi connectivity index (χ0) is 20.0. The fourth-order valence-electron chi connectivity index (χ4n) is 2.51. The molecule has 0 aliphatic heterocycles. The first-order valence-electron chi connectivity index (χ1n) is 7.31. The third-order valence-electron chi connectivity index (χ3n) is 3.69. The molecule has 0 amide bonds. The van der Waals surface area contributed by atoms with Gasteiger partial charge in [-0.2, -0.15) is 13.2 Å². The van der Waals surface area contributed by atoms with Crippen LogP contribution in [0, 0.1) is 5.82 Å². The van der Waals surface area contributed by atoms with Crippen LogP contribution in [-0.2, 0) is 16.0 Å². The summed E-state index contributed by atoms with van der Waals surface area (Å²) < 4.78 is 82.6. The number of nitrogens with zero attached hydrogens (tertiary/aromatic N) is 1. The summed E-state index contributed by atoms with van der Waals surface area (Å²) in [6.45, 7) is 0. The van der Waals surface area contributed by atoms with Gasteiger partial charge in [-0.25, -0.2) is 12.8 Å². The Bertz CT molecular complexity index is 1110. The molecule has 1 aromatic heterocycles. The van der Waals surface area contributed by atoms with Crippen molar-refractivity contribution >= 4 is 25.8 Å². The van der Waals surface area contributed by atoms with Gasteiger partial charge in [0.25, 0.3) is 0 Å². The Kier molecular flexibility index (Phi) is 4.89. The molecule has 3 aromatic rings. The van der Waals surface area contributed by atoms with E-state index in [0.29, 0.717) is 10.0 Å². The van der Waals surface area contributed by atoms with Gasteiger partial charge in [-0.15, -0.1) is 0 Å². The molecule has 0 bridgehead atoms. The van der Waals surface area contributed by atoms with Gasteiger partial charge < -0.3 is 4.52 Å². The van der Waals surface area contributed by atoms with Gasteiger partial charge in [0.05, 0.1) is 5.56 Å². The van der Waals surface area contributed by atoms with Crippen LogP contribution in [-0.4, -0.2) is 19.8 Å². The Morgan fingerprint density at radius 1 is 1.04 bits per heavy atom. The van der Waals surface area contributed by atoms with Gasteiger partial charge in [-0.05, 0) is 29.8 Å². The fraction of sp³-hybridized carbons (Fsp3) is 0.118. The van der Waals surface area contributed by atoms with E-state index in [1.807, 2.05) is 0 Å². The number of aromatic nitrogens is 1. The maximum atomic E-state index is 14.2. The molecule has 27 heavy (non-hydrogen) atoms. The average molecular weight is 464 g/mol. The third kappa shape index (κ3) is 3.91. The summed E-state index contributed by atoms with van der Waals surface area (Å²) in [4.78, 5) is -0.610. The second-order valence-electron chi connectivity index (χ2n) is 5.66. The maximum absolute atomic E-state index is 14.2. The summed E-state index contributed by atoms with van der Waals surface area (Å²) in [7, 11) is -3.87. The molecule has 4 nitrogen and oxygen atoms in total. The quantitative estimate of drug-likeness (QED) is 0.492. The van der Waals surface area contributed by atoms with Crippen molar-refractivity contribution in [2.45, 2.75) is 11.1 Å². The highest BCUT2D eigenvalue weighted by Crippen LogP contribution is 2.43. The van der Waals surface area contributed by atoms with Crippen molar-refractivity contribution in [3.05, 3.63) is 58.5 Å². The number of benzene rings is 2. The number of halogens is 5. The minimum atomic E-state index is -4.87. The van der Waals surface area contributed by atoms with E-state index in [2.05, 4.69) is 25.6 Å². The summed E-state index contributed by atoms with van der Waals surface area (Å²) >= 11 is 3.22. The number of hydrogen-bond acceptors (Lipinski definition) is 4. The molecule has 0 spiro atoms. The Morgan fingerprint density at radius 3 is 2.15 bits per heavy atom. The number of alkyl halides is 3. The topological polar surface area (TPSA) is 60.2 Å². The van der Waals surface area contributed by atoms with E-state index < -0.39 is 38.0 Å². The van der Waals surface area contributed by atoms with Gasteiger partial charge >= 0.3 is 6.18 Å². The molecule has 0 saturated heterocycles. The molecule has 0 aliphatic rings. The molecular formula is C17H10BrF4NO3S. The second kappa shape index (κ2) is 6.75. The SMILES string of the molecule is CS(=O)(=O)c1ccc(-c2c(-c3ccc(Br)cc3)noc2C(F)(F)F)cc1F. The van der Waals surface area contributed by atoms with Crippen LogP contribution in [0.15, 0.2) is 56.4 Å². The van der Waals surface area contributed by atoms with E-state index in [-0.39, 0.29) is 11.3 Å². The van der Waals surface area contributed by atoms with Gasteiger partial charge in [0, 0.05) is 16.3 Å². The normalized spacial score (nSPS) is 12.4. The number of rotatable bonds is 3. The van der Waals surface area contributed by atoms with E-state index in [4.69, 9.17) is 0 Å². The van der Waals surface area contributed by atoms with E-state index in [1.54, 1.807) is 12.1 Å². The summed E-state index contributed by atoms with van der Waals surface area (Å²) in [6, 6.07) is 8.98. The number of sulfone groups is 1. The van der Waals surface area contributed by atoms with Gasteiger partial charge in [0.2, 0.25) is 5.76 Å². The summed E-state index contributed by atoms with van der Waals surface area (Å²) in [5.74, 6) is -2.56. The lowest BCUT2D eigenvalue weighted by molar-refractivity contribution is -0.154. The van der Waals surface area contributed by atoms with Gasteiger partial charge in [-0.1, -0.05) is 39.3 Å². The maximum Gasteiger partial charge on any atom is 0.453 e. The third-order valence-corrected chi connectivity index (χ3v) is 5.35. The van der Waals surface area contributed by atoms with Crippen LogP contribution in [0.3, 0.4) is 0 Å². The highest BCUT2D eigenvalue weighted by Gasteiger charge is 2.41. The molecule has 0 N–H and O–H groups in total. The highest BCUT2D eigenvalue weighted by atomic mass is 79.9. The molecule has 142 valence electrons. The fourth-order valence-corrected chi connectivity index (χ4v) is 3.51.